The summed E-state index contributed by atoms with van der Waals surface area (Å²) in [6.07, 6.45) is 21.7. The van der Waals surface area contributed by atoms with Gasteiger partial charge in [-0.05, 0) is 72.2 Å². The summed E-state index contributed by atoms with van der Waals surface area (Å²) in [5, 5.41) is 21.5. The van der Waals surface area contributed by atoms with Gasteiger partial charge in [-0.25, -0.2) is 0 Å². The molecule has 174 valence electrons. The summed E-state index contributed by atoms with van der Waals surface area (Å²) in [6.45, 7) is 6.75. The predicted octanol–water partition coefficient (Wildman–Crippen LogP) is 9.24. The van der Waals surface area contributed by atoms with E-state index in [4.69, 9.17) is 0 Å². The summed E-state index contributed by atoms with van der Waals surface area (Å²) in [5.41, 5.74) is 3.72. The zero-order chi connectivity index (χ0) is 22.2. The molecule has 1 aromatic carbocycles. The Kier molecular flexibility index (Phi) is 15.8. The topological polar surface area (TPSA) is 40.5 Å². The number of rotatable bonds is 18. The fraction of sp³-hybridized carbons (Fsp3) is 0.778. The van der Waals surface area contributed by atoms with Gasteiger partial charge >= 0.3 is 0 Å². The van der Waals surface area contributed by atoms with Gasteiger partial charge in [0, 0.05) is 5.56 Å². The lowest BCUT2D eigenvalue weighted by Gasteiger charge is -2.20. The van der Waals surface area contributed by atoms with Gasteiger partial charge in [0.15, 0.2) is 11.5 Å². The van der Waals surface area contributed by atoms with Crippen LogP contribution in [0.1, 0.15) is 134 Å². The molecule has 0 heterocycles. The minimum absolute atomic E-state index is 0.123. The molecule has 2 N–H and O–H groups in total. The van der Waals surface area contributed by atoms with E-state index in [2.05, 4.69) is 43.4 Å². The van der Waals surface area contributed by atoms with Gasteiger partial charge in [0.05, 0.1) is 3.57 Å². The molecule has 0 aromatic heterocycles. The van der Waals surface area contributed by atoms with Gasteiger partial charge in [-0.2, -0.15) is 0 Å². The first-order chi connectivity index (χ1) is 14.6. The van der Waals surface area contributed by atoms with Gasteiger partial charge < -0.3 is 10.2 Å². The number of hydrogen-bond donors (Lipinski definition) is 2. The molecule has 1 rings (SSSR count). The molecule has 0 saturated heterocycles. The lowest BCUT2D eigenvalue weighted by atomic mass is 9.89. The average Bonchev–Trinajstić information content (AvgIpc) is 2.75. The third kappa shape index (κ3) is 9.78. The van der Waals surface area contributed by atoms with Crippen molar-refractivity contribution in [3.63, 3.8) is 0 Å². The van der Waals surface area contributed by atoms with Crippen LogP contribution in [-0.2, 0) is 19.3 Å². The van der Waals surface area contributed by atoms with E-state index in [0.717, 1.165) is 34.8 Å². The lowest BCUT2D eigenvalue weighted by Crippen LogP contribution is -2.06. The van der Waals surface area contributed by atoms with Crippen LogP contribution >= 0.6 is 22.6 Å². The van der Waals surface area contributed by atoms with Crippen molar-refractivity contribution in [3.05, 3.63) is 20.3 Å². The Hall–Kier alpha value is -0.450. The lowest BCUT2D eigenvalue weighted by molar-refractivity contribution is 0.393. The Labute approximate surface area is 200 Å². The van der Waals surface area contributed by atoms with Gasteiger partial charge in [-0.1, -0.05) is 97.8 Å². The Morgan fingerprint density at radius 2 is 0.833 bits per heavy atom. The monoisotopic (exact) mass is 530 g/mol. The molecule has 0 spiro atoms. The van der Waals surface area contributed by atoms with E-state index in [-0.39, 0.29) is 11.5 Å². The first kappa shape index (κ1) is 27.6. The SMILES string of the molecule is CCCCCCCc1c(O)c(O)c(I)c(CCCCCCC)c1CCCCCCC. The number of halogens is 1. The molecule has 30 heavy (non-hydrogen) atoms. The molecule has 0 aliphatic heterocycles. The minimum Gasteiger partial charge on any atom is -0.504 e. The van der Waals surface area contributed by atoms with Crippen molar-refractivity contribution in [3.8, 4) is 11.5 Å². The summed E-state index contributed by atoms with van der Waals surface area (Å²) >= 11 is 2.26. The van der Waals surface area contributed by atoms with Crippen LogP contribution in [0.3, 0.4) is 0 Å². The van der Waals surface area contributed by atoms with Crippen molar-refractivity contribution in [1.82, 2.24) is 0 Å². The molecule has 0 atom stereocenters. The average molecular weight is 531 g/mol. The van der Waals surface area contributed by atoms with Crippen molar-refractivity contribution in [2.24, 2.45) is 0 Å². The number of phenolic OH excluding ortho intramolecular Hbond substituents is 2. The Morgan fingerprint density at radius 3 is 1.27 bits per heavy atom. The highest BCUT2D eigenvalue weighted by molar-refractivity contribution is 14.1. The van der Waals surface area contributed by atoms with E-state index in [1.807, 2.05) is 0 Å². The van der Waals surface area contributed by atoms with Crippen LogP contribution < -0.4 is 0 Å². The van der Waals surface area contributed by atoms with Crippen molar-refractivity contribution < 1.29 is 10.2 Å². The van der Waals surface area contributed by atoms with Crippen LogP contribution in [0.5, 0.6) is 11.5 Å². The van der Waals surface area contributed by atoms with Crippen molar-refractivity contribution in [2.75, 3.05) is 0 Å². The van der Waals surface area contributed by atoms with Crippen LogP contribution in [0.25, 0.3) is 0 Å². The van der Waals surface area contributed by atoms with Gasteiger partial charge in [0.1, 0.15) is 0 Å². The van der Waals surface area contributed by atoms with Crippen LogP contribution in [0.4, 0.5) is 0 Å². The quantitative estimate of drug-likeness (QED) is 0.113. The molecule has 2 nitrogen and oxygen atoms in total. The molecule has 0 saturated carbocycles. The molecular formula is C27H47IO2. The number of hydrogen-bond acceptors (Lipinski definition) is 2. The van der Waals surface area contributed by atoms with E-state index in [0.29, 0.717) is 0 Å². The van der Waals surface area contributed by atoms with E-state index in [1.54, 1.807) is 0 Å². The third-order valence-electron chi connectivity index (χ3n) is 6.30. The van der Waals surface area contributed by atoms with Crippen molar-refractivity contribution in [1.29, 1.82) is 0 Å². The largest absolute Gasteiger partial charge is 0.504 e. The standard InChI is InChI=1S/C27H47IO2/c1-4-7-10-13-16-19-22-23(20-17-14-11-8-5-2)25(28)27(30)26(29)24(22)21-18-15-12-9-6-3/h29-30H,4-21H2,1-3H3. The second-order valence-electron chi connectivity index (χ2n) is 8.94. The summed E-state index contributed by atoms with van der Waals surface area (Å²) < 4.78 is 0.888. The first-order valence-electron chi connectivity index (χ1n) is 12.8. The molecule has 1 aromatic rings. The van der Waals surface area contributed by atoms with Gasteiger partial charge in [-0.3, -0.25) is 0 Å². The number of phenols is 2. The first-order valence-corrected chi connectivity index (χ1v) is 13.9. The Balaban J connectivity index is 2.98. The Morgan fingerprint density at radius 1 is 0.467 bits per heavy atom. The molecule has 0 fully saturated rings. The van der Waals surface area contributed by atoms with Crippen molar-refractivity contribution >= 4 is 22.6 Å². The fourth-order valence-corrected chi connectivity index (χ4v) is 5.25. The van der Waals surface area contributed by atoms with Gasteiger partial charge in [0.25, 0.3) is 0 Å². The summed E-state index contributed by atoms with van der Waals surface area (Å²) in [5.74, 6) is 0.283. The minimum atomic E-state index is 0.123. The summed E-state index contributed by atoms with van der Waals surface area (Å²) in [7, 11) is 0. The maximum absolute atomic E-state index is 10.8. The highest BCUT2D eigenvalue weighted by Gasteiger charge is 2.21. The molecule has 0 radical (unpaired) electrons. The maximum atomic E-state index is 10.8. The molecule has 0 bridgehead atoms. The molecule has 0 aliphatic carbocycles. The maximum Gasteiger partial charge on any atom is 0.171 e. The predicted molar refractivity (Wildman–Crippen MR) is 140 cm³/mol. The van der Waals surface area contributed by atoms with Gasteiger partial charge in [0.2, 0.25) is 0 Å². The molecular weight excluding hydrogens is 483 g/mol. The molecule has 0 aliphatic rings. The second kappa shape index (κ2) is 17.1. The third-order valence-corrected chi connectivity index (χ3v) is 7.46. The second-order valence-corrected chi connectivity index (χ2v) is 10.0. The molecule has 0 amide bonds. The van der Waals surface area contributed by atoms with E-state index < -0.39 is 0 Å². The van der Waals surface area contributed by atoms with Gasteiger partial charge in [-0.15, -0.1) is 0 Å². The molecule has 0 unspecified atom stereocenters. The highest BCUT2D eigenvalue weighted by atomic mass is 127. The number of aromatic hydroxyl groups is 2. The van der Waals surface area contributed by atoms with Crippen molar-refractivity contribution in [2.45, 2.75) is 136 Å². The van der Waals surface area contributed by atoms with Crippen LogP contribution in [0.2, 0.25) is 0 Å². The Bertz CT molecular complexity index is 542. The summed E-state index contributed by atoms with van der Waals surface area (Å²) in [6, 6.07) is 0. The van der Waals surface area contributed by atoms with Crippen LogP contribution in [0, 0.1) is 3.57 Å². The molecule has 3 heteroatoms. The highest BCUT2D eigenvalue weighted by Crippen LogP contribution is 2.41. The zero-order valence-corrected chi connectivity index (χ0v) is 22.2. The summed E-state index contributed by atoms with van der Waals surface area (Å²) in [4.78, 5) is 0. The number of benzene rings is 1. The smallest absolute Gasteiger partial charge is 0.171 e. The van der Waals surface area contributed by atoms with Crippen LogP contribution in [-0.4, -0.2) is 10.2 Å². The van der Waals surface area contributed by atoms with E-state index in [9.17, 15) is 10.2 Å². The zero-order valence-electron chi connectivity index (χ0n) is 20.0. The fourth-order valence-electron chi connectivity index (χ4n) is 4.40. The van der Waals surface area contributed by atoms with Crippen LogP contribution in [0.15, 0.2) is 0 Å². The number of unbranched alkanes of at least 4 members (excludes halogenated alkanes) is 12. The van der Waals surface area contributed by atoms with E-state index in [1.165, 1.54) is 101 Å². The van der Waals surface area contributed by atoms with E-state index >= 15 is 0 Å². The normalized spacial score (nSPS) is 11.3.